The van der Waals surface area contributed by atoms with Crippen LogP contribution in [0.25, 0.3) is 11.0 Å². The molecule has 3 rings (SSSR count). The van der Waals surface area contributed by atoms with Gasteiger partial charge in [-0.3, -0.25) is 4.79 Å². The number of aromatic nitrogens is 2. The van der Waals surface area contributed by atoms with Crippen molar-refractivity contribution in [2.45, 2.75) is 31.8 Å². The van der Waals surface area contributed by atoms with Gasteiger partial charge in [-0.25, -0.2) is 4.98 Å². The zero-order valence-electron chi connectivity index (χ0n) is 11.2. The van der Waals surface area contributed by atoms with Crippen molar-refractivity contribution < 1.29 is 4.79 Å². The fourth-order valence-corrected chi connectivity index (χ4v) is 2.88. The first-order valence-corrected chi connectivity index (χ1v) is 6.48. The predicted octanol–water partition coefficient (Wildman–Crippen LogP) is 1.51. The van der Waals surface area contributed by atoms with E-state index in [0.717, 1.165) is 17.5 Å². The number of nitrogens with zero attached hydrogens (tertiary/aromatic N) is 2. The van der Waals surface area contributed by atoms with E-state index in [4.69, 9.17) is 5.73 Å². The molecule has 1 aromatic heterocycles. The number of fused-ring (bicyclic) bond motifs is 1. The van der Waals surface area contributed by atoms with Crippen molar-refractivity contribution in [1.82, 2.24) is 14.9 Å². The average Bonchev–Trinajstić information content (AvgIpc) is 2.90. The van der Waals surface area contributed by atoms with Crippen LogP contribution < -0.4 is 5.73 Å². The molecular formula is C14H18N4O. The summed E-state index contributed by atoms with van der Waals surface area (Å²) in [5.74, 6) is 0.0365. The summed E-state index contributed by atoms with van der Waals surface area (Å²) in [6.07, 6.45) is 2.47. The van der Waals surface area contributed by atoms with E-state index in [1.165, 1.54) is 0 Å². The van der Waals surface area contributed by atoms with E-state index in [1.807, 2.05) is 23.1 Å². The van der Waals surface area contributed by atoms with E-state index < -0.39 is 0 Å². The van der Waals surface area contributed by atoms with Gasteiger partial charge in [-0.05, 0) is 38.5 Å². The lowest BCUT2D eigenvalue weighted by Gasteiger charge is -2.31. The molecule has 5 heteroatoms. The third-order valence-corrected chi connectivity index (χ3v) is 3.82. The third-order valence-electron chi connectivity index (χ3n) is 3.82. The number of carbonyl (C=O) groups excluding carboxylic acids is 1. The van der Waals surface area contributed by atoms with Gasteiger partial charge in [0.2, 0.25) is 0 Å². The van der Waals surface area contributed by atoms with Gasteiger partial charge in [0.15, 0.2) is 0 Å². The average molecular weight is 258 g/mol. The van der Waals surface area contributed by atoms with Crippen LogP contribution in [0.2, 0.25) is 0 Å². The highest BCUT2D eigenvalue weighted by molar-refractivity contribution is 5.97. The lowest BCUT2D eigenvalue weighted by Crippen LogP contribution is -2.42. The molecule has 2 aromatic rings. The van der Waals surface area contributed by atoms with Gasteiger partial charge in [-0.1, -0.05) is 0 Å². The SMILES string of the molecule is CC1(C)CC(N)CN1C(=O)c1ccc2nc[nH]c2c1. The highest BCUT2D eigenvalue weighted by Crippen LogP contribution is 2.29. The number of benzene rings is 1. The molecule has 1 aliphatic rings. The second kappa shape index (κ2) is 4.06. The van der Waals surface area contributed by atoms with Gasteiger partial charge in [0.05, 0.1) is 17.4 Å². The molecule has 0 aliphatic carbocycles. The van der Waals surface area contributed by atoms with Gasteiger partial charge in [0, 0.05) is 23.7 Å². The lowest BCUT2D eigenvalue weighted by atomic mass is 10.00. The minimum atomic E-state index is -0.181. The van der Waals surface area contributed by atoms with Crippen LogP contribution in [0.4, 0.5) is 0 Å². The number of carbonyl (C=O) groups is 1. The van der Waals surface area contributed by atoms with Gasteiger partial charge in [0.25, 0.3) is 5.91 Å². The van der Waals surface area contributed by atoms with Crippen LogP contribution in [0, 0.1) is 0 Å². The Balaban J connectivity index is 1.95. The summed E-state index contributed by atoms with van der Waals surface area (Å²) >= 11 is 0. The zero-order chi connectivity index (χ0) is 13.6. The van der Waals surface area contributed by atoms with E-state index in [2.05, 4.69) is 23.8 Å². The zero-order valence-corrected chi connectivity index (χ0v) is 11.2. The molecule has 1 aromatic carbocycles. The molecule has 3 N–H and O–H groups in total. The molecule has 1 unspecified atom stereocenters. The van der Waals surface area contributed by atoms with Crippen LogP contribution in [-0.4, -0.2) is 38.9 Å². The molecule has 2 heterocycles. The number of H-pyrrole nitrogens is 1. The summed E-state index contributed by atoms with van der Waals surface area (Å²) < 4.78 is 0. The van der Waals surface area contributed by atoms with E-state index in [-0.39, 0.29) is 17.5 Å². The number of likely N-dealkylation sites (tertiary alicyclic amines) is 1. The molecule has 1 saturated heterocycles. The van der Waals surface area contributed by atoms with Crippen LogP contribution in [0.1, 0.15) is 30.6 Å². The Morgan fingerprint density at radius 2 is 2.32 bits per heavy atom. The van der Waals surface area contributed by atoms with E-state index in [9.17, 15) is 4.79 Å². The summed E-state index contributed by atoms with van der Waals surface area (Å²) in [6, 6.07) is 5.60. The quantitative estimate of drug-likeness (QED) is 0.814. The third kappa shape index (κ3) is 2.00. The number of hydrogen-bond donors (Lipinski definition) is 2. The van der Waals surface area contributed by atoms with Crippen LogP contribution in [0.3, 0.4) is 0 Å². The summed E-state index contributed by atoms with van der Waals surface area (Å²) in [7, 11) is 0. The van der Waals surface area contributed by atoms with Crippen molar-refractivity contribution in [3.8, 4) is 0 Å². The first kappa shape index (κ1) is 12.2. The van der Waals surface area contributed by atoms with Gasteiger partial charge in [0.1, 0.15) is 0 Å². The monoisotopic (exact) mass is 258 g/mol. The van der Waals surface area contributed by atoms with Crippen molar-refractivity contribution in [3.63, 3.8) is 0 Å². The van der Waals surface area contributed by atoms with Gasteiger partial charge < -0.3 is 15.6 Å². The Hall–Kier alpha value is -1.88. The lowest BCUT2D eigenvalue weighted by molar-refractivity contribution is 0.0651. The summed E-state index contributed by atoms with van der Waals surface area (Å²) in [4.78, 5) is 21.7. The Labute approximate surface area is 111 Å². The van der Waals surface area contributed by atoms with Crippen molar-refractivity contribution in [2.24, 2.45) is 5.73 Å². The maximum Gasteiger partial charge on any atom is 0.254 e. The molecular weight excluding hydrogens is 240 g/mol. The number of rotatable bonds is 1. The fourth-order valence-electron chi connectivity index (χ4n) is 2.88. The topological polar surface area (TPSA) is 75.0 Å². The Morgan fingerprint density at radius 3 is 3.00 bits per heavy atom. The summed E-state index contributed by atoms with van der Waals surface area (Å²) in [5, 5.41) is 0. The first-order chi connectivity index (χ1) is 8.97. The minimum Gasteiger partial charge on any atom is -0.345 e. The standard InChI is InChI=1S/C14H18N4O/c1-14(2)6-10(15)7-18(14)13(19)9-3-4-11-12(5-9)17-8-16-11/h3-5,8,10H,6-7,15H2,1-2H3,(H,16,17). The van der Waals surface area contributed by atoms with Crippen molar-refractivity contribution in [2.75, 3.05) is 6.54 Å². The maximum absolute atomic E-state index is 12.6. The molecule has 1 amide bonds. The van der Waals surface area contributed by atoms with Crippen molar-refractivity contribution in [1.29, 1.82) is 0 Å². The molecule has 1 fully saturated rings. The molecule has 19 heavy (non-hydrogen) atoms. The van der Waals surface area contributed by atoms with Crippen LogP contribution >= 0.6 is 0 Å². The minimum absolute atomic E-state index is 0.0365. The normalized spacial score (nSPS) is 22.1. The molecule has 1 atom stereocenters. The van der Waals surface area contributed by atoms with E-state index in [0.29, 0.717) is 12.1 Å². The number of amides is 1. The Bertz CT molecular complexity index is 631. The molecule has 5 nitrogen and oxygen atoms in total. The summed E-state index contributed by atoms with van der Waals surface area (Å²) in [6.45, 7) is 4.74. The van der Waals surface area contributed by atoms with Crippen LogP contribution in [0.5, 0.6) is 0 Å². The largest absolute Gasteiger partial charge is 0.345 e. The number of imidazole rings is 1. The Morgan fingerprint density at radius 1 is 1.53 bits per heavy atom. The Kier molecular flexibility index (Phi) is 2.60. The molecule has 0 spiro atoms. The van der Waals surface area contributed by atoms with E-state index >= 15 is 0 Å². The van der Waals surface area contributed by atoms with Gasteiger partial charge in [-0.2, -0.15) is 0 Å². The smallest absolute Gasteiger partial charge is 0.254 e. The fraction of sp³-hybridized carbons (Fsp3) is 0.429. The van der Waals surface area contributed by atoms with Crippen molar-refractivity contribution >= 4 is 16.9 Å². The summed E-state index contributed by atoms with van der Waals surface area (Å²) in [5.41, 5.74) is 8.23. The first-order valence-electron chi connectivity index (χ1n) is 6.48. The second-order valence-corrected chi connectivity index (χ2v) is 5.83. The van der Waals surface area contributed by atoms with E-state index in [1.54, 1.807) is 6.33 Å². The number of hydrogen-bond acceptors (Lipinski definition) is 3. The highest BCUT2D eigenvalue weighted by Gasteiger charge is 2.39. The molecule has 1 aliphatic heterocycles. The molecule has 100 valence electrons. The highest BCUT2D eigenvalue weighted by atomic mass is 16.2. The maximum atomic E-state index is 12.6. The second-order valence-electron chi connectivity index (χ2n) is 5.83. The number of aromatic amines is 1. The molecule has 0 radical (unpaired) electrons. The van der Waals surface area contributed by atoms with Crippen LogP contribution in [-0.2, 0) is 0 Å². The molecule has 0 bridgehead atoms. The van der Waals surface area contributed by atoms with Crippen molar-refractivity contribution in [3.05, 3.63) is 30.1 Å². The number of nitrogens with one attached hydrogen (secondary N) is 1. The van der Waals surface area contributed by atoms with Crippen LogP contribution in [0.15, 0.2) is 24.5 Å². The number of nitrogens with two attached hydrogens (primary N) is 1. The van der Waals surface area contributed by atoms with Gasteiger partial charge in [-0.15, -0.1) is 0 Å². The molecule has 0 saturated carbocycles. The predicted molar refractivity (Wildman–Crippen MR) is 73.8 cm³/mol. The van der Waals surface area contributed by atoms with Gasteiger partial charge >= 0.3 is 0 Å².